The number of rotatable bonds is 4. The molecule has 0 bridgehead atoms. The van der Waals surface area contributed by atoms with Crippen LogP contribution in [-0.4, -0.2) is 0 Å². The van der Waals surface area contributed by atoms with Crippen molar-refractivity contribution in [2.24, 2.45) is 23.7 Å². The third-order valence-electron chi connectivity index (χ3n) is 6.90. The molecule has 0 aromatic heterocycles. The first kappa shape index (κ1) is 19.5. The Bertz CT molecular complexity index is 619. The number of halogens is 1. The van der Waals surface area contributed by atoms with Crippen LogP contribution in [-0.2, 0) is 6.42 Å². The van der Waals surface area contributed by atoms with Gasteiger partial charge in [0.2, 0.25) is 0 Å². The summed E-state index contributed by atoms with van der Waals surface area (Å²) in [5, 5.41) is 0. The Morgan fingerprint density at radius 2 is 1.58 bits per heavy atom. The van der Waals surface area contributed by atoms with Crippen LogP contribution in [0.15, 0.2) is 18.2 Å². The molecule has 2 fully saturated rings. The highest BCUT2D eigenvalue weighted by Gasteiger charge is 2.29. The minimum atomic E-state index is -0.0926. The lowest BCUT2D eigenvalue weighted by atomic mass is 9.69. The molecule has 0 saturated heterocycles. The van der Waals surface area contributed by atoms with Crippen molar-refractivity contribution >= 4 is 0 Å². The van der Waals surface area contributed by atoms with E-state index in [1.54, 1.807) is 6.07 Å². The number of hydrogen-bond donors (Lipinski definition) is 0. The Balaban J connectivity index is 1.49. The fraction of sp³-hybridized carbons (Fsp3) is 0.680. The van der Waals surface area contributed by atoms with Crippen molar-refractivity contribution in [2.45, 2.75) is 84.5 Å². The molecule has 0 atom stereocenters. The lowest BCUT2D eigenvalue weighted by Crippen LogP contribution is -2.25. The van der Waals surface area contributed by atoms with Gasteiger partial charge in [-0.05, 0) is 80.4 Å². The van der Waals surface area contributed by atoms with Gasteiger partial charge in [0, 0.05) is 11.5 Å². The molecule has 0 amide bonds. The van der Waals surface area contributed by atoms with Gasteiger partial charge in [-0.2, -0.15) is 0 Å². The summed E-state index contributed by atoms with van der Waals surface area (Å²) in [5.41, 5.74) is 1.65. The molecule has 0 unspecified atom stereocenters. The molecule has 1 heteroatoms. The quantitative estimate of drug-likeness (QED) is 0.503. The van der Waals surface area contributed by atoms with Crippen molar-refractivity contribution in [1.82, 2.24) is 0 Å². The first-order chi connectivity index (χ1) is 12.7. The van der Waals surface area contributed by atoms with Crippen LogP contribution in [0.2, 0.25) is 0 Å². The van der Waals surface area contributed by atoms with Crippen molar-refractivity contribution in [1.29, 1.82) is 0 Å². The molecule has 0 aliphatic heterocycles. The van der Waals surface area contributed by atoms with Crippen LogP contribution in [0.25, 0.3) is 0 Å². The molecule has 0 N–H and O–H groups in total. The molecule has 2 saturated carbocycles. The fourth-order valence-electron chi connectivity index (χ4n) is 5.09. The molecule has 0 spiro atoms. The van der Waals surface area contributed by atoms with Crippen molar-refractivity contribution in [3.05, 3.63) is 35.1 Å². The highest BCUT2D eigenvalue weighted by atomic mass is 19.1. The van der Waals surface area contributed by atoms with Gasteiger partial charge in [0.05, 0.1) is 0 Å². The Kier molecular flexibility index (Phi) is 7.18. The molecule has 0 nitrogen and oxygen atoms in total. The minimum absolute atomic E-state index is 0.0926. The average Bonchev–Trinajstić information content (AvgIpc) is 2.69. The van der Waals surface area contributed by atoms with Crippen LogP contribution in [0.3, 0.4) is 0 Å². The third kappa shape index (κ3) is 5.12. The predicted molar refractivity (Wildman–Crippen MR) is 108 cm³/mol. The first-order valence-electron chi connectivity index (χ1n) is 11.0. The highest BCUT2D eigenvalue weighted by Crippen LogP contribution is 2.41. The van der Waals surface area contributed by atoms with Gasteiger partial charge < -0.3 is 0 Å². The van der Waals surface area contributed by atoms with E-state index >= 15 is 0 Å². The summed E-state index contributed by atoms with van der Waals surface area (Å²) in [6.07, 6.45) is 14.2. The Morgan fingerprint density at radius 1 is 0.923 bits per heavy atom. The summed E-state index contributed by atoms with van der Waals surface area (Å²) in [7, 11) is 0. The van der Waals surface area contributed by atoms with Gasteiger partial charge in [0.25, 0.3) is 0 Å². The Hall–Kier alpha value is -1.29. The summed E-state index contributed by atoms with van der Waals surface area (Å²) in [6.45, 7) is 4.43. The van der Waals surface area contributed by atoms with Crippen LogP contribution in [0.1, 0.15) is 89.2 Å². The average molecular weight is 355 g/mol. The topological polar surface area (TPSA) is 0 Å². The second-order valence-electron chi connectivity index (χ2n) is 8.63. The number of aryl methyl sites for hydroxylation is 1. The normalized spacial score (nSPS) is 29.0. The SMILES string of the molecule is CCCc1ccc(C#CC2CCC([C@H]3CC[C@H](CC)CC3)CC2)cc1F. The van der Waals surface area contributed by atoms with Crippen LogP contribution >= 0.6 is 0 Å². The first-order valence-corrected chi connectivity index (χ1v) is 11.0. The monoisotopic (exact) mass is 354 g/mol. The van der Waals surface area contributed by atoms with E-state index in [0.29, 0.717) is 5.92 Å². The van der Waals surface area contributed by atoms with E-state index in [1.165, 1.54) is 57.8 Å². The Labute approximate surface area is 160 Å². The van der Waals surface area contributed by atoms with Crippen LogP contribution in [0.5, 0.6) is 0 Å². The van der Waals surface area contributed by atoms with Crippen molar-refractivity contribution in [3.63, 3.8) is 0 Å². The standard InChI is InChI=1S/C25H35F/c1-3-5-24-17-12-21(18-25(24)26)7-6-20-10-15-23(16-11-20)22-13-8-19(4-2)9-14-22/h12,17-20,22-23H,3-5,8-11,13-16H2,1-2H3/t19-,20?,22-,23?. The van der Waals surface area contributed by atoms with Gasteiger partial charge in [-0.1, -0.05) is 57.4 Å². The fourth-order valence-corrected chi connectivity index (χ4v) is 5.09. The molecule has 1 aromatic carbocycles. The maximum absolute atomic E-state index is 14.0. The zero-order valence-corrected chi connectivity index (χ0v) is 16.7. The van der Waals surface area contributed by atoms with Gasteiger partial charge in [0.1, 0.15) is 5.82 Å². The van der Waals surface area contributed by atoms with E-state index in [9.17, 15) is 4.39 Å². The second kappa shape index (κ2) is 9.59. The highest BCUT2D eigenvalue weighted by molar-refractivity contribution is 5.37. The molecule has 0 radical (unpaired) electrons. The molecule has 2 aliphatic carbocycles. The van der Waals surface area contributed by atoms with E-state index < -0.39 is 0 Å². The maximum Gasteiger partial charge on any atom is 0.127 e. The van der Waals surface area contributed by atoms with Crippen molar-refractivity contribution in [2.75, 3.05) is 0 Å². The summed E-state index contributed by atoms with van der Waals surface area (Å²) >= 11 is 0. The number of benzene rings is 1. The van der Waals surface area contributed by atoms with E-state index in [4.69, 9.17) is 0 Å². The Morgan fingerprint density at radius 3 is 2.15 bits per heavy atom. The van der Waals surface area contributed by atoms with Gasteiger partial charge in [-0.25, -0.2) is 4.39 Å². The second-order valence-corrected chi connectivity index (χ2v) is 8.63. The smallest absolute Gasteiger partial charge is 0.127 e. The summed E-state index contributed by atoms with van der Waals surface area (Å²) < 4.78 is 14.0. The minimum Gasteiger partial charge on any atom is -0.207 e. The lowest BCUT2D eigenvalue weighted by Gasteiger charge is -2.36. The number of hydrogen-bond acceptors (Lipinski definition) is 0. The summed E-state index contributed by atoms with van der Waals surface area (Å²) in [6, 6.07) is 5.51. The van der Waals surface area contributed by atoms with Crippen molar-refractivity contribution in [3.8, 4) is 11.8 Å². The van der Waals surface area contributed by atoms with Gasteiger partial charge in [-0.3, -0.25) is 0 Å². The molecular formula is C25H35F. The summed E-state index contributed by atoms with van der Waals surface area (Å²) in [5.74, 6) is 10.0. The molecule has 1 aromatic rings. The van der Waals surface area contributed by atoms with E-state index in [1.807, 2.05) is 12.1 Å². The van der Waals surface area contributed by atoms with Gasteiger partial charge in [0.15, 0.2) is 0 Å². The van der Waals surface area contributed by atoms with Crippen molar-refractivity contribution < 1.29 is 4.39 Å². The van der Waals surface area contributed by atoms with Crippen LogP contribution in [0, 0.1) is 41.3 Å². The molecule has 142 valence electrons. The zero-order valence-electron chi connectivity index (χ0n) is 16.7. The molecule has 3 rings (SSSR count). The molecule has 2 aliphatic rings. The van der Waals surface area contributed by atoms with Gasteiger partial charge in [-0.15, -0.1) is 0 Å². The van der Waals surface area contributed by atoms with E-state index in [0.717, 1.165) is 41.7 Å². The maximum atomic E-state index is 14.0. The van der Waals surface area contributed by atoms with Crippen LogP contribution < -0.4 is 0 Å². The third-order valence-corrected chi connectivity index (χ3v) is 6.90. The van der Waals surface area contributed by atoms with E-state index in [-0.39, 0.29) is 5.82 Å². The largest absolute Gasteiger partial charge is 0.207 e. The van der Waals surface area contributed by atoms with Gasteiger partial charge >= 0.3 is 0 Å². The van der Waals surface area contributed by atoms with E-state index in [2.05, 4.69) is 25.7 Å². The lowest BCUT2D eigenvalue weighted by molar-refractivity contribution is 0.156. The summed E-state index contributed by atoms with van der Waals surface area (Å²) in [4.78, 5) is 0. The molecule has 26 heavy (non-hydrogen) atoms. The molecular weight excluding hydrogens is 319 g/mol. The molecule has 0 heterocycles. The zero-order chi connectivity index (χ0) is 18.4. The predicted octanol–water partition coefficient (Wildman–Crippen LogP) is 7.15. The van der Waals surface area contributed by atoms with Crippen LogP contribution in [0.4, 0.5) is 4.39 Å².